The Morgan fingerprint density at radius 3 is 2.12 bits per heavy atom. The fraction of sp³-hybridized carbons (Fsp3) is 0.536. The molecule has 1 aliphatic heterocycles. The van der Waals surface area contributed by atoms with E-state index < -0.39 is 8.32 Å². The first-order valence-electron chi connectivity index (χ1n) is 12.2. The van der Waals surface area contributed by atoms with E-state index >= 15 is 0 Å². The quantitative estimate of drug-likeness (QED) is 0.276. The van der Waals surface area contributed by atoms with Gasteiger partial charge in [0.05, 0.1) is 26.2 Å². The van der Waals surface area contributed by atoms with Crippen LogP contribution in [0.5, 0.6) is 5.75 Å². The average molecular weight is 469 g/mol. The van der Waals surface area contributed by atoms with Crippen LogP contribution in [0.25, 0.3) is 0 Å². The van der Waals surface area contributed by atoms with Crippen LogP contribution in [0, 0.1) is 5.92 Å². The van der Waals surface area contributed by atoms with Crippen LogP contribution in [0.2, 0.25) is 16.6 Å². The lowest BCUT2D eigenvalue weighted by Crippen LogP contribution is -2.49. The van der Waals surface area contributed by atoms with E-state index in [1.807, 2.05) is 6.07 Å². The van der Waals surface area contributed by atoms with Gasteiger partial charge in [0.2, 0.25) is 8.32 Å². The molecule has 3 rings (SSSR count). The third-order valence-corrected chi connectivity index (χ3v) is 13.3. The van der Waals surface area contributed by atoms with Gasteiger partial charge in [0.15, 0.2) is 0 Å². The lowest BCUT2D eigenvalue weighted by Gasteiger charge is -2.45. The minimum atomic E-state index is -2.17. The van der Waals surface area contributed by atoms with E-state index in [9.17, 15) is 4.79 Å². The van der Waals surface area contributed by atoms with Gasteiger partial charge in [-0.05, 0) is 39.4 Å². The molecule has 0 aliphatic carbocycles. The van der Waals surface area contributed by atoms with Crippen molar-refractivity contribution in [1.29, 1.82) is 0 Å². The number of carbonyl (C=O) groups excluding carboxylic acids is 1. The predicted octanol–water partition coefficient (Wildman–Crippen LogP) is 7.08. The molecule has 0 bridgehead atoms. The Balaban J connectivity index is 2.01. The average Bonchev–Trinajstić information content (AvgIpc) is 3.21. The predicted molar refractivity (Wildman–Crippen MR) is 136 cm³/mol. The van der Waals surface area contributed by atoms with Gasteiger partial charge in [0.25, 0.3) is 0 Å². The summed E-state index contributed by atoms with van der Waals surface area (Å²) in [7, 11) is -0.450. The van der Waals surface area contributed by atoms with Crippen LogP contribution in [0.3, 0.4) is 0 Å². The van der Waals surface area contributed by atoms with Crippen molar-refractivity contribution in [3.63, 3.8) is 0 Å². The summed E-state index contributed by atoms with van der Waals surface area (Å²) in [6.07, 6.45) is 1.02. The van der Waals surface area contributed by atoms with Crippen molar-refractivity contribution in [1.82, 2.24) is 0 Å². The molecule has 2 atom stereocenters. The number of rotatable bonds is 10. The third-order valence-electron chi connectivity index (χ3n) is 7.23. The van der Waals surface area contributed by atoms with Gasteiger partial charge in [0, 0.05) is 12.3 Å². The summed E-state index contributed by atoms with van der Waals surface area (Å²) < 4.78 is 18.5. The Labute approximate surface area is 200 Å². The molecule has 2 aromatic rings. The molecule has 2 aromatic carbocycles. The Bertz CT molecular complexity index is 901. The minimum Gasteiger partial charge on any atom is -0.496 e. The molecule has 0 amide bonds. The molecular formula is C28H40O4Si. The van der Waals surface area contributed by atoms with E-state index in [1.165, 1.54) is 5.56 Å². The molecule has 0 N–H and O–H groups in total. The second-order valence-corrected chi connectivity index (χ2v) is 15.6. The van der Waals surface area contributed by atoms with Gasteiger partial charge in [-0.25, -0.2) is 0 Å². The maximum Gasteiger partial charge on any atom is 0.306 e. The molecule has 1 heterocycles. The topological polar surface area (TPSA) is 44.8 Å². The van der Waals surface area contributed by atoms with Crippen molar-refractivity contribution in [2.45, 2.75) is 77.1 Å². The van der Waals surface area contributed by atoms with E-state index in [2.05, 4.69) is 84.0 Å². The number of ether oxygens (including phenoxy) is 2. The van der Waals surface area contributed by atoms with Crippen LogP contribution >= 0.6 is 0 Å². The Kier molecular flexibility index (Phi) is 8.41. The first kappa shape index (κ1) is 25.5. The lowest BCUT2D eigenvalue weighted by atomic mass is 9.93. The van der Waals surface area contributed by atoms with Crippen LogP contribution in [0.1, 0.15) is 70.8 Å². The zero-order chi connectivity index (χ0) is 24.2. The molecule has 1 aliphatic rings. The van der Waals surface area contributed by atoms with Crippen molar-refractivity contribution in [2.75, 3.05) is 13.7 Å². The van der Waals surface area contributed by atoms with Crippen molar-refractivity contribution >= 4 is 14.3 Å². The number of methoxy groups -OCH3 is 1. The van der Waals surface area contributed by atoms with Gasteiger partial charge >= 0.3 is 5.97 Å². The maximum atomic E-state index is 12.0. The second-order valence-electron chi connectivity index (χ2n) is 10.2. The molecule has 1 saturated heterocycles. The van der Waals surface area contributed by atoms with Gasteiger partial charge < -0.3 is 13.9 Å². The summed E-state index contributed by atoms with van der Waals surface area (Å²) in [5.41, 5.74) is 4.83. The highest BCUT2D eigenvalue weighted by Crippen LogP contribution is 2.48. The molecule has 4 nitrogen and oxygen atoms in total. The smallest absolute Gasteiger partial charge is 0.306 e. The Morgan fingerprint density at radius 2 is 1.61 bits per heavy atom. The van der Waals surface area contributed by atoms with Gasteiger partial charge in [-0.3, -0.25) is 4.79 Å². The van der Waals surface area contributed by atoms with Crippen LogP contribution in [0.15, 0.2) is 48.5 Å². The van der Waals surface area contributed by atoms with Crippen LogP contribution in [0.4, 0.5) is 0 Å². The van der Waals surface area contributed by atoms with Gasteiger partial charge in [-0.2, -0.15) is 0 Å². The molecule has 0 unspecified atom stereocenters. The minimum absolute atomic E-state index is 0.0188. The molecular weight excluding hydrogens is 428 g/mol. The monoisotopic (exact) mass is 468 g/mol. The summed E-state index contributed by atoms with van der Waals surface area (Å²) in [4.78, 5) is 12.0. The lowest BCUT2D eigenvalue weighted by molar-refractivity contribution is -0.137. The standard InChI is InChI=1S/C28H40O4Si/c1-19(2)33(20(3)4,21(5)6)32-28(25-17-27(29)31-18-25)24-14-13-23(26(16-24)30-7)15-22-11-9-8-10-12-22/h8-14,16,19-21,25,28H,15,17-18H2,1-7H3/t25-,28-/m1/s1. The first-order chi connectivity index (χ1) is 15.7. The first-order valence-corrected chi connectivity index (χ1v) is 14.4. The fourth-order valence-corrected chi connectivity index (χ4v) is 11.3. The molecule has 0 aromatic heterocycles. The van der Waals surface area contributed by atoms with Crippen LogP contribution in [-0.4, -0.2) is 28.0 Å². The molecule has 1 fully saturated rings. The van der Waals surface area contributed by atoms with E-state index in [1.54, 1.807) is 7.11 Å². The third kappa shape index (κ3) is 5.52. The zero-order valence-corrected chi connectivity index (χ0v) is 22.3. The number of hydrogen-bond donors (Lipinski definition) is 0. The molecule has 180 valence electrons. The maximum absolute atomic E-state index is 12.0. The Hall–Kier alpha value is -2.11. The normalized spacial score (nSPS) is 17.6. The number of cyclic esters (lactones) is 1. The van der Waals surface area contributed by atoms with Gasteiger partial charge in [-0.1, -0.05) is 84.0 Å². The van der Waals surface area contributed by atoms with E-state index in [0.717, 1.165) is 23.3 Å². The molecule has 0 saturated carbocycles. The highest BCUT2D eigenvalue weighted by molar-refractivity contribution is 6.77. The van der Waals surface area contributed by atoms with Gasteiger partial charge in [0.1, 0.15) is 5.75 Å². The zero-order valence-electron chi connectivity index (χ0n) is 21.3. The molecule has 33 heavy (non-hydrogen) atoms. The van der Waals surface area contributed by atoms with Crippen LogP contribution in [-0.2, 0) is 20.4 Å². The molecule has 0 spiro atoms. The molecule has 0 radical (unpaired) electrons. The van der Waals surface area contributed by atoms with Crippen molar-refractivity contribution < 1.29 is 18.7 Å². The number of esters is 1. The summed E-state index contributed by atoms with van der Waals surface area (Å²) in [6.45, 7) is 14.2. The Morgan fingerprint density at radius 1 is 0.970 bits per heavy atom. The number of benzene rings is 2. The summed E-state index contributed by atoms with van der Waals surface area (Å²) in [5, 5.41) is 0. The number of hydrogen-bond acceptors (Lipinski definition) is 4. The SMILES string of the molecule is COc1cc([C@@H](O[Si](C(C)C)(C(C)C)C(C)C)[C@H]2COC(=O)C2)ccc1Cc1ccccc1. The summed E-state index contributed by atoms with van der Waals surface area (Å²) in [6, 6.07) is 16.9. The van der Waals surface area contributed by atoms with E-state index in [0.29, 0.717) is 29.7 Å². The van der Waals surface area contributed by atoms with Crippen LogP contribution < -0.4 is 4.74 Å². The highest BCUT2D eigenvalue weighted by atomic mass is 28.4. The summed E-state index contributed by atoms with van der Waals surface area (Å²) >= 11 is 0. The summed E-state index contributed by atoms with van der Waals surface area (Å²) in [5.74, 6) is 0.749. The second kappa shape index (κ2) is 10.9. The molecule has 5 heteroatoms. The van der Waals surface area contributed by atoms with Crippen molar-refractivity contribution in [3.8, 4) is 5.75 Å². The number of carbonyl (C=O) groups is 1. The highest BCUT2D eigenvalue weighted by Gasteiger charge is 2.48. The van der Waals surface area contributed by atoms with Gasteiger partial charge in [-0.15, -0.1) is 0 Å². The largest absolute Gasteiger partial charge is 0.496 e. The van der Waals surface area contributed by atoms with E-state index in [-0.39, 0.29) is 18.0 Å². The van der Waals surface area contributed by atoms with Crippen molar-refractivity contribution in [2.24, 2.45) is 5.92 Å². The van der Waals surface area contributed by atoms with Crippen molar-refractivity contribution in [3.05, 3.63) is 65.2 Å². The van der Waals surface area contributed by atoms with E-state index in [4.69, 9.17) is 13.9 Å². The fourth-order valence-electron chi connectivity index (χ4n) is 5.69.